The topological polar surface area (TPSA) is 72.8 Å². The van der Waals surface area contributed by atoms with Crippen LogP contribution < -0.4 is 0 Å². The molecule has 1 saturated carbocycles. The van der Waals surface area contributed by atoms with Crippen LogP contribution in [0.1, 0.15) is 59.3 Å². The predicted octanol–water partition coefficient (Wildman–Crippen LogP) is 2.20. The summed E-state index contributed by atoms with van der Waals surface area (Å²) in [5, 5.41) is 10.6. The standard InChI is InChI=1S/C15H26O5/c1-4-19-12(16)14(3,13(17)20-5-2)11-15(18)9-7-6-8-10-15/h18H,4-11H2,1-3H3. The SMILES string of the molecule is CCOC(=O)C(C)(CC1(O)CCCCC1)C(=O)OCC. The Kier molecular flexibility index (Phi) is 5.99. The molecule has 20 heavy (non-hydrogen) atoms. The van der Waals surface area contributed by atoms with E-state index in [1.165, 1.54) is 6.92 Å². The molecule has 1 fully saturated rings. The van der Waals surface area contributed by atoms with Gasteiger partial charge in [-0.25, -0.2) is 0 Å². The van der Waals surface area contributed by atoms with Crippen LogP contribution in [0.5, 0.6) is 0 Å². The first kappa shape index (κ1) is 17.0. The van der Waals surface area contributed by atoms with Crippen LogP contribution in [0.15, 0.2) is 0 Å². The molecule has 1 N–H and O–H groups in total. The molecule has 0 radical (unpaired) electrons. The molecule has 0 heterocycles. The molecule has 5 heteroatoms. The normalized spacial score (nSPS) is 18.4. The molecule has 1 aliphatic rings. The number of ether oxygens (including phenoxy) is 2. The molecule has 0 spiro atoms. The van der Waals surface area contributed by atoms with E-state index in [1.54, 1.807) is 13.8 Å². The predicted molar refractivity (Wildman–Crippen MR) is 74.0 cm³/mol. The third-order valence-electron chi connectivity index (χ3n) is 3.92. The van der Waals surface area contributed by atoms with Crippen LogP contribution in [-0.2, 0) is 19.1 Å². The third-order valence-corrected chi connectivity index (χ3v) is 3.92. The van der Waals surface area contributed by atoms with Gasteiger partial charge in [0.1, 0.15) is 0 Å². The van der Waals surface area contributed by atoms with Gasteiger partial charge in [-0.3, -0.25) is 9.59 Å². The van der Waals surface area contributed by atoms with Crippen LogP contribution in [0.3, 0.4) is 0 Å². The van der Waals surface area contributed by atoms with Crippen molar-refractivity contribution in [3.05, 3.63) is 0 Å². The number of hydrogen-bond donors (Lipinski definition) is 1. The molecule has 116 valence electrons. The first-order valence-electron chi connectivity index (χ1n) is 7.45. The summed E-state index contributed by atoms with van der Waals surface area (Å²) >= 11 is 0. The summed E-state index contributed by atoms with van der Waals surface area (Å²) in [6.45, 7) is 5.30. The van der Waals surface area contributed by atoms with E-state index in [9.17, 15) is 14.7 Å². The second-order valence-electron chi connectivity index (χ2n) is 5.73. The van der Waals surface area contributed by atoms with Gasteiger partial charge >= 0.3 is 11.9 Å². The lowest BCUT2D eigenvalue weighted by molar-refractivity contribution is -0.176. The van der Waals surface area contributed by atoms with Crippen LogP contribution in [0, 0.1) is 5.41 Å². The summed E-state index contributed by atoms with van der Waals surface area (Å²) in [6, 6.07) is 0. The number of aliphatic hydroxyl groups is 1. The van der Waals surface area contributed by atoms with E-state index in [0.717, 1.165) is 19.3 Å². The Morgan fingerprint density at radius 3 is 1.90 bits per heavy atom. The molecule has 0 aromatic heterocycles. The summed E-state index contributed by atoms with van der Waals surface area (Å²) in [5.74, 6) is -1.23. The molecular weight excluding hydrogens is 260 g/mol. The Hall–Kier alpha value is -1.10. The maximum atomic E-state index is 12.2. The Morgan fingerprint density at radius 2 is 1.50 bits per heavy atom. The van der Waals surface area contributed by atoms with Crippen LogP contribution >= 0.6 is 0 Å². The second-order valence-corrected chi connectivity index (χ2v) is 5.73. The van der Waals surface area contributed by atoms with Gasteiger partial charge in [0.05, 0.1) is 18.8 Å². The molecule has 0 bridgehead atoms. The van der Waals surface area contributed by atoms with Crippen molar-refractivity contribution in [2.45, 2.75) is 64.9 Å². The molecule has 1 rings (SSSR count). The smallest absolute Gasteiger partial charge is 0.323 e. The zero-order valence-electron chi connectivity index (χ0n) is 12.7. The molecule has 0 amide bonds. The van der Waals surface area contributed by atoms with Crippen molar-refractivity contribution in [2.75, 3.05) is 13.2 Å². The van der Waals surface area contributed by atoms with Crippen LogP contribution in [0.4, 0.5) is 0 Å². The summed E-state index contributed by atoms with van der Waals surface area (Å²) in [6.07, 6.45) is 4.20. The number of carbonyl (C=O) groups is 2. The summed E-state index contributed by atoms with van der Waals surface area (Å²) in [4.78, 5) is 24.3. The molecule has 0 atom stereocenters. The van der Waals surface area contributed by atoms with Crippen molar-refractivity contribution in [1.29, 1.82) is 0 Å². The molecule has 1 aliphatic carbocycles. The highest BCUT2D eigenvalue weighted by atomic mass is 16.6. The van der Waals surface area contributed by atoms with E-state index in [1.807, 2.05) is 0 Å². The maximum absolute atomic E-state index is 12.2. The number of hydrogen-bond acceptors (Lipinski definition) is 5. The van der Waals surface area contributed by atoms with Crippen molar-refractivity contribution in [1.82, 2.24) is 0 Å². The largest absolute Gasteiger partial charge is 0.465 e. The minimum Gasteiger partial charge on any atom is -0.465 e. The lowest BCUT2D eigenvalue weighted by Crippen LogP contribution is -2.47. The first-order chi connectivity index (χ1) is 9.38. The molecule has 5 nitrogen and oxygen atoms in total. The molecular formula is C15H26O5. The Labute approximate surface area is 120 Å². The quantitative estimate of drug-likeness (QED) is 0.598. The minimum atomic E-state index is -1.43. The number of esters is 2. The van der Waals surface area contributed by atoms with Gasteiger partial charge in [0.2, 0.25) is 0 Å². The van der Waals surface area contributed by atoms with E-state index >= 15 is 0 Å². The van der Waals surface area contributed by atoms with Gasteiger partial charge in [0, 0.05) is 6.42 Å². The maximum Gasteiger partial charge on any atom is 0.323 e. The van der Waals surface area contributed by atoms with Crippen molar-refractivity contribution in [3.63, 3.8) is 0 Å². The highest BCUT2D eigenvalue weighted by molar-refractivity contribution is 5.99. The van der Waals surface area contributed by atoms with Gasteiger partial charge < -0.3 is 14.6 Å². The van der Waals surface area contributed by atoms with Crippen LogP contribution in [0.25, 0.3) is 0 Å². The molecule has 0 aromatic rings. The minimum absolute atomic E-state index is 0.0671. The fourth-order valence-corrected chi connectivity index (χ4v) is 2.85. The summed E-state index contributed by atoms with van der Waals surface area (Å²) < 4.78 is 10.0. The number of carbonyl (C=O) groups excluding carboxylic acids is 2. The van der Waals surface area contributed by atoms with Crippen molar-refractivity contribution < 1.29 is 24.2 Å². The Bertz CT molecular complexity index is 326. The van der Waals surface area contributed by atoms with Crippen LogP contribution in [-0.4, -0.2) is 35.9 Å². The van der Waals surface area contributed by atoms with Gasteiger partial charge in [-0.15, -0.1) is 0 Å². The fourth-order valence-electron chi connectivity index (χ4n) is 2.85. The molecule has 0 unspecified atom stereocenters. The van der Waals surface area contributed by atoms with Gasteiger partial charge in [0.15, 0.2) is 5.41 Å². The summed E-state index contributed by atoms with van der Waals surface area (Å²) in [7, 11) is 0. The highest BCUT2D eigenvalue weighted by Gasteiger charge is 2.50. The third kappa shape index (κ3) is 3.95. The lowest BCUT2D eigenvalue weighted by atomic mass is 9.72. The summed E-state index contributed by atoms with van der Waals surface area (Å²) in [5.41, 5.74) is -2.41. The van der Waals surface area contributed by atoms with Gasteiger partial charge in [0.25, 0.3) is 0 Å². The number of rotatable bonds is 6. The van der Waals surface area contributed by atoms with Crippen molar-refractivity contribution in [3.8, 4) is 0 Å². The molecule has 0 aromatic carbocycles. The van der Waals surface area contributed by atoms with Crippen molar-refractivity contribution >= 4 is 11.9 Å². The Morgan fingerprint density at radius 1 is 1.05 bits per heavy atom. The average molecular weight is 286 g/mol. The van der Waals surface area contributed by atoms with E-state index in [0.29, 0.717) is 12.8 Å². The van der Waals surface area contributed by atoms with E-state index in [-0.39, 0.29) is 19.6 Å². The Balaban J connectivity index is 2.91. The van der Waals surface area contributed by atoms with E-state index < -0.39 is 23.0 Å². The second kappa shape index (κ2) is 7.07. The lowest BCUT2D eigenvalue weighted by Gasteiger charge is -2.37. The van der Waals surface area contributed by atoms with Gasteiger partial charge in [-0.2, -0.15) is 0 Å². The average Bonchev–Trinajstić information content (AvgIpc) is 2.39. The van der Waals surface area contributed by atoms with Gasteiger partial charge in [-0.1, -0.05) is 19.3 Å². The fraction of sp³-hybridized carbons (Fsp3) is 0.867. The molecule has 0 aliphatic heterocycles. The highest BCUT2D eigenvalue weighted by Crippen LogP contribution is 2.39. The van der Waals surface area contributed by atoms with E-state index in [2.05, 4.69) is 0 Å². The first-order valence-corrected chi connectivity index (χ1v) is 7.45. The zero-order valence-corrected chi connectivity index (χ0v) is 12.7. The van der Waals surface area contributed by atoms with Crippen LogP contribution in [0.2, 0.25) is 0 Å². The van der Waals surface area contributed by atoms with Gasteiger partial charge in [-0.05, 0) is 33.6 Å². The van der Waals surface area contributed by atoms with E-state index in [4.69, 9.17) is 9.47 Å². The monoisotopic (exact) mass is 286 g/mol. The zero-order chi connectivity index (χ0) is 15.2. The molecule has 0 saturated heterocycles. The van der Waals surface area contributed by atoms with Crippen molar-refractivity contribution in [2.24, 2.45) is 5.41 Å².